The first-order chi connectivity index (χ1) is 20.6. The van der Waals surface area contributed by atoms with Gasteiger partial charge in [0, 0.05) is 74.7 Å². The summed E-state index contributed by atoms with van der Waals surface area (Å²) in [7, 11) is 2.20. The van der Waals surface area contributed by atoms with E-state index in [4.69, 9.17) is 4.52 Å². The van der Waals surface area contributed by atoms with Crippen LogP contribution in [0.15, 0.2) is 47.5 Å². The molecular formula is C31H40N10O2. The van der Waals surface area contributed by atoms with Crippen molar-refractivity contribution in [3.05, 3.63) is 60.0 Å². The van der Waals surface area contributed by atoms with E-state index in [2.05, 4.69) is 58.6 Å². The number of anilines is 2. The number of hydrogen-bond acceptors (Lipinski definition) is 10. The molecule has 12 nitrogen and oxygen atoms in total. The molecule has 4 aromatic rings. The Kier molecular flexibility index (Phi) is 7.97. The van der Waals surface area contributed by atoms with Crippen molar-refractivity contribution in [2.24, 2.45) is 0 Å². The minimum absolute atomic E-state index is 0.212. The van der Waals surface area contributed by atoms with Gasteiger partial charge in [0.2, 0.25) is 0 Å². The third-order valence-corrected chi connectivity index (χ3v) is 8.46. The maximum atomic E-state index is 13.0. The minimum atomic E-state index is -0.337. The van der Waals surface area contributed by atoms with Gasteiger partial charge in [-0.2, -0.15) is 0 Å². The number of piperazine rings is 1. The third kappa shape index (κ3) is 6.45. The summed E-state index contributed by atoms with van der Waals surface area (Å²) in [6.45, 7) is 14.6. The molecule has 0 aliphatic carbocycles. The number of likely N-dealkylation sites (N-methyl/N-ethyl adjacent to an activating group) is 1. The van der Waals surface area contributed by atoms with E-state index in [1.165, 1.54) is 6.20 Å². The van der Waals surface area contributed by atoms with E-state index < -0.39 is 0 Å². The van der Waals surface area contributed by atoms with Crippen LogP contribution in [0, 0.1) is 6.92 Å². The predicted molar refractivity (Wildman–Crippen MR) is 165 cm³/mol. The molecule has 1 N–H and O–H groups in total. The van der Waals surface area contributed by atoms with Crippen molar-refractivity contribution in [1.29, 1.82) is 0 Å². The van der Waals surface area contributed by atoms with Gasteiger partial charge < -0.3 is 19.6 Å². The Balaban J connectivity index is 1.13. The average Bonchev–Trinajstić information content (AvgIpc) is 3.69. The molecule has 0 bridgehead atoms. The fourth-order valence-corrected chi connectivity index (χ4v) is 5.68. The largest absolute Gasteiger partial charge is 0.370 e. The topological polar surface area (TPSA) is 121 Å². The number of pyridine rings is 2. The highest BCUT2D eigenvalue weighted by molar-refractivity contribution is 6.03. The highest BCUT2D eigenvalue weighted by Gasteiger charge is 2.27. The van der Waals surface area contributed by atoms with E-state index in [-0.39, 0.29) is 11.3 Å². The lowest BCUT2D eigenvalue weighted by molar-refractivity contribution is 0.0982. The van der Waals surface area contributed by atoms with Crippen LogP contribution < -0.4 is 10.2 Å². The van der Waals surface area contributed by atoms with Gasteiger partial charge in [-0.25, -0.2) is 4.68 Å². The van der Waals surface area contributed by atoms with Gasteiger partial charge in [0.1, 0.15) is 11.5 Å². The van der Waals surface area contributed by atoms with Gasteiger partial charge in [-0.15, -0.1) is 5.10 Å². The molecule has 0 radical (unpaired) electrons. The first kappa shape index (κ1) is 28.9. The molecule has 0 aromatic carbocycles. The smallest absolute Gasteiger partial charge is 0.258 e. The summed E-state index contributed by atoms with van der Waals surface area (Å²) in [5.74, 6) is 0.710. The molecule has 2 saturated heterocycles. The van der Waals surface area contributed by atoms with E-state index >= 15 is 0 Å². The van der Waals surface area contributed by atoms with Crippen molar-refractivity contribution in [2.45, 2.75) is 52.0 Å². The molecule has 12 heteroatoms. The van der Waals surface area contributed by atoms with Gasteiger partial charge in [-0.3, -0.25) is 19.7 Å². The molecule has 0 unspecified atom stereocenters. The molecule has 4 aromatic heterocycles. The lowest BCUT2D eigenvalue weighted by Crippen LogP contribution is -2.52. The molecular weight excluding hydrogens is 544 g/mol. The maximum Gasteiger partial charge on any atom is 0.258 e. The van der Waals surface area contributed by atoms with Crippen molar-refractivity contribution in [3.8, 4) is 16.9 Å². The van der Waals surface area contributed by atoms with Crippen molar-refractivity contribution in [1.82, 2.24) is 39.9 Å². The third-order valence-electron chi connectivity index (χ3n) is 8.46. The number of aromatic nitrogens is 6. The summed E-state index contributed by atoms with van der Waals surface area (Å²) in [6, 6.07) is 6.28. The van der Waals surface area contributed by atoms with E-state index in [9.17, 15) is 4.79 Å². The van der Waals surface area contributed by atoms with Gasteiger partial charge in [0.15, 0.2) is 5.82 Å². The van der Waals surface area contributed by atoms with Gasteiger partial charge in [-0.1, -0.05) is 31.1 Å². The van der Waals surface area contributed by atoms with Gasteiger partial charge >= 0.3 is 0 Å². The molecule has 226 valence electrons. The number of nitrogens with zero attached hydrogens (tertiary/aromatic N) is 9. The van der Waals surface area contributed by atoms with E-state index in [1.54, 1.807) is 16.8 Å². The molecule has 0 spiro atoms. The molecule has 6 heterocycles. The summed E-state index contributed by atoms with van der Waals surface area (Å²) in [4.78, 5) is 29.5. The van der Waals surface area contributed by atoms with Gasteiger partial charge in [0.05, 0.1) is 35.0 Å². The second kappa shape index (κ2) is 11.8. The number of carbonyl (C=O) groups is 1. The Bertz CT molecular complexity index is 1570. The first-order valence-electron chi connectivity index (χ1n) is 14.9. The zero-order valence-electron chi connectivity index (χ0n) is 25.6. The van der Waals surface area contributed by atoms with E-state index in [1.807, 2.05) is 46.3 Å². The number of hydrogen-bond donors (Lipinski definition) is 1. The summed E-state index contributed by atoms with van der Waals surface area (Å²) in [5, 5.41) is 15.6. The summed E-state index contributed by atoms with van der Waals surface area (Å²) in [5.41, 5.74) is 4.25. The summed E-state index contributed by atoms with van der Waals surface area (Å²) in [6.07, 6.45) is 9.45. The Morgan fingerprint density at radius 2 is 1.77 bits per heavy atom. The zero-order chi connectivity index (χ0) is 30.1. The monoisotopic (exact) mass is 584 g/mol. The number of rotatable bonds is 6. The number of nitrogens with one attached hydrogen (secondary N) is 1. The first-order valence-corrected chi connectivity index (χ1v) is 14.9. The lowest BCUT2D eigenvalue weighted by Gasteiger charge is -2.42. The Labute approximate surface area is 252 Å². The van der Waals surface area contributed by atoms with Crippen molar-refractivity contribution >= 4 is 17.4 Å². The molecule has 2 aliphatic rings. The van der Waals surface area contributed by atoms with Crippen LogP contribution in [0.5, 0.6) is 0 Å². The van der Waals surface area contributed by atoms with Crippen molar-refractivity contribution in [2.75, 3.05) is 56.5 Å². The van der Waals surface area contributed by atoms with Crippen LogP contribution >= 0.6 is 0 Å². The highest BCUT2D eigenvalue weighted by Crippen LogP contribution is 2.28. The summed E-state index contributed by atoms with van der Waals surface area (Å²) < 4.78 is 7.04. The molecule has 43 heavy (non-hydrogen) atoms. The normalized spacial score (nSPS) is 17.4. The van der Waals surface area contributed by atoms with Crippen LogP contribution in [-0.4, -0.2) is 98.2 Å². The highest BCUT2D eigenvalue weighted by atomic mass is 16.5. The second-order valence-electron chi connectivity index (χ2n) is 12.6. The van der Waals surface area contributed by atoms with Crippen LogP contribution in [0.1, 0.15) is 55.4 Å². The fourth-order valence-electron chi connectivity index (χ4n) is 5.68. The van der Waals surface area contributed by atoms with Crippen LogP contribution in [0.3, 0.4) is 0 Å². The number of piperidine rings is 1. The Morgan fingerprint density at radius 1 is 1.00 bits per heavy atom. The lowest BCUT2D eigenvalue weighted by atomic mass is 9.93. The standard InChI is InChI=1S/C31H40N10O2/c1-21-27(15-23(18-33-21)30(42)34-29-16-28(43-36-29)31(2,3)4)41-20-26(35-37-41)22-14-25(19-32-17-22)39-8-6-24(7-9-39)40-12-10-38(5)11-13-40/h14-20,24H,6-13H2,1-5H3,(H,34,36,42). The Hall–Kier alpha value is -4.16. The fraction of sp³-hybridized carbons (Fsp3) is 0.484. The van der Waals surface area contributed by atoms with Crippen molar-refractivity contribution in [3.63, 3.8) is 0 Å². The maximum absolute atomic E-state index is 13.0. The van der Waals surface area contributed by atoms with Crippen LogP contribution in [0.2, 0.25) is 0 Å². The molecule has 2 aliphatic heterocycles. The minimum Gasteiger partial charge on any atom is -0.370 e. The van der Waals surface area contributed by atoms with E-state index in [0.29, 0.717) is 34.6 Å². The van der Waals surface area contributed by atoms with Crippen LogP contribution in [-0.2, 0) is 5.41 Å². The molecule has 0 saturated carbocycles. The Morgan fingerprint density at radius 3 is 2.49 bits per heavy atom. The van der Waals surface area contributed by atoms with Gasteiger partial charge in [-0.05, 0) is 38.9 Å². The van der Waals surface area contributed by atoms with Gasteiger partial charge in [0.25, 0.3) is 5.91 Å². The molecule has 1 amide bonds. The quantitative estimate of drug-likeness (QED) is 0.358. The molecule has 0 atom stereocenters. The van der Waals surface area contributed by atoms with Crippen LogP contribution in [0.25, 0.3) is 16.9 Å². The number of amides is 1. The SMILES string of the molecule is Cc1ncc(C(=O)Nc2cc(C(C)(C)C)on2)cc1-n1cc(-c2cncc(N3CCC(N4CCN(C)CC4)CC3)c2)nn1. The molecule has 6 rings (SSSR count). The molecule has 2 fully saturated rings. The zero-order valence-corrected chi connectivity index (χ0v) is 25.6. The average molecular weight is 585 g/mol. The van der Waals surface area contributed by atoms with E-state index in [0.717, 1.165) is 69.1 Å². The second-order valence-corrected chi connectivity index (χ2v) is 12.6. The van der Waals surface area contributed by atoms with Crippen molar-refractivity contribution < 1.29 is 9.32 Å². The number of carbonyl (C=O) groups excluding carboxylic acids is 1. The number of aryl methyl sites for hydroxylation is 1. The summed E-state index contributed by atoms with van der Waals surface area (Å²) >= 11 is 0. The van der Waals surface area contributed by atoms with Crippen LogP contribution in [0.4, 0.5) is 11.5 Å². The predicted octanol–water partition coefficient (Wildman–Crippen LogP) is 3.79.